The number of likely N-dealkylation sites (N-methyl/N-ethyl adjacent to an activating group) is 1. The molecule has 1 aromatic carbocycles. The SMILES string of the molecule is C.CC(=O)C1=C(O)[C@@]2(O)C(=O)C3=C(O)c4c(O)c(C)cc([N+]#N)c4CC3CC2[C@H](N(C)C)C1=O. The molecule has 0 amide bonds. The van der Waals surface area contributed by atoms with Crippen LogP contribution < -0.4 is 0 Å². The minimum Gasteiger partial charge on any atom is -0.508 e. The number of phenolic OH excluding ortho intramolecular Hbond substituents is 1. The number of nitrogens with zero attached hydrogens (tertiary/aromatic N) is 3. The number of diazo groups is 1. The molecule has 10 heteroatoms. The van der Waals surface area contributed by atoms with Crippen LogP contribution >= 0.6 is 0 Å². The smallest absolute Gasteiger partial charge is 0.389 e. The van der Waals surface area contributed by atoms with Crippen molar-refractivity contribution in [1.29, 1.82) is 5.39 Å². The van der Waals surface area contributed by atoms with Crippen LogP contribution in [0.3, 0.4) is 0 Å². The molecule has 1 saturated carbocycles. The highest BCUT2D eigenvalue weighted by atomic mass is 16.3. The van der Waals surface area contributed by atoms with Gasteiger partial charge in [0.25, 0.3) is 0 Å². The number of phenols is 1. The van der Waals surface area contributed by atoms with E-state index in [0.717, 1.165) is 6.92 Å². The van der Waals surface area contributed by atoms with Crippen molar-refractivity contribution >= 4 is 28.8 Å². The van der Waals surface area contributed by atoms with Gasteiger partial charge in [-0.3, -0.25) is 19.3 Å². The predicted molar refractivity (Wildman–Crippen MR) is 122 cm³/mol. The first-order valence-electron chi connectivity index (χ1n) is 10.4. The summed E-state index contributed by atoms with van der Waals surface area (Å²) in [6, 6.07) is 0.362. The van der Waals surface area contributed by atoms with Crippen LogP contribution in [0.5, 0.6) is 5.75 Å². The van der Waals surface area contributed by atoms with Gasteiger partial charge in [-0.05, 0) is 52.3 Å². The Labute approximate surface area is 196 Å². The van der Waals surface area contributed by atoms with Crippen molar-refractivity contribution in [1.82, 2.24) is 4.90 Å². The molecule has 1 aromatic rings. The molecule has 34 heavy (non-hydrogen) atoms. The standard InChI is InChI=1S/C23H23N3O7.CH4/c1-8-5-13(25-24)11-6-10-7-12-17(26(3)4)20(30)14(9(2)27)21(31)23(12,33)22(32)15(10)19(29)16(11)18(8)28;/h5,10,12,17,33H,6-7H2,1-4H3,(H2-,27,28,29,30,31,32);1H4/p+1/t10?,12?,17-,23+;/m0./s1. The van der Waals surface area contributed by atoms with Gasteiger partial charge in [-0.25, -0.2) is 0 Å². The molecule has 0 saturated heterocycles. The maximum Gasteiger partial charge on any atom is 0.389 e. The number of aliphatic hydroxyl groups is 3. The van der Waals surface area contributed by atoms with Crippen molar-refractivity contribution in [3.8, 4) is 5.75 Å². The number of hydrogen-bond donors (Lipinski definition) is 4. The Morgan fingerprint density at radius 2 is 1.85 bits per heavy atom. The Hall–Kier alpha value is -3.55. The maximum atomic E-state index is 13.7. The first kappa shape index (κ1) is 25.1. The minimum absolute atomic E-state index is 0. The number of carbonyl (C=O) groups is 3. The molecule has 10 nitrogen and oxygen atoms in total. The molecule has 4 rings (SSSR count). The average molecular weight is 471 g/mol. The zero-order valence-electron chi connectivity index (χ0n) is 18.6. The second-order valence-corrected chi connectivity index (χ2v) is 9.17. The first-order valence-corrected chi connectivity index (χ1v) is 10.4. The van der Waals surface area contributed by atoms with E-state index in [2.05, 4.69) is 4.98 Å². The summed E-state index contributed by atoms with van der Waals surface area (Å²) in [5.41, 5.74) is -2.82. The lowest BCUT2D eigenvalue weighted by Gasteiger charge is -2.50. The number of hydrogen-bond acceptors (Lipinski definition) is 9. The van der Waals surface area contributed by atoms with Crippen molar-refractivity contribution < 1.29 is 34.8 Å². The topological polar surface area (TPSA) is 164 Å². The summed E-state index contributed by atoms with van der Waals surface area (Å²) in [4.78, 5) is 43.7. The third kappa shape index (κ3) is 3.01. The number of carbonyl (C=O) groups excluding carboxylic acids is 3. The molecule has 0 spiro atoms. The van der Waals surface area contributed by atoms with E-state index in [-0.39, 0.29) is 42.8 Å². The zero-order valence-corrected chi connectivity index (χ0v) is 18.6. The molecule has 3 aliphatic carbocycles. The monoisotopic (exact) mass is 470 g/mol. The fraction of sp³-hybridized carbons (Fsp3) is 0.458. The summed E-state index contributed by atoms with van der Waals surface area (Å²) >= 11 is 0. The Morgan fingerprint density at radius 1 is 1.24 bits per heavy atom. The normalized spacial score (nSPS) is 28.1. The van der Waals surface area contributed by atoms with Crippen LogP contribution in [0, 0.1) is 24.2 Å². The van der Waals surface area contributed by atoms with Crippen LogP contribution in [0.2, 0.25) is 0 Å². The highest BCUT2D eigenvalue weighted by Crippen LogP contribution is 2.54. The lowest BCUT2D eigenvalue weighted by molar-refractivity contribution is -0.153. The van der Waals surface area contributed by atoms with Crippen LogP contribution in [0.1, 0.15) is 37.5 Å². The molecule has 0 aromatic heterocycles. The number of fused-ring (bicyclic) bond motifs is 3. The molecular weight excluding hydrogens is 442 g/mol. The fourth-order valence-electron chi connectivity index (χ4n) is 5.61. The molecule has 1 fully saturated rings. The fourth-order valence-corrected chi connectivity index (χ4v) is 5.61. The Bertz CT molecular complexity index is 1250. The van der Waals surface area contributed by atoms with E-state index in [9.17, 15) is 40.2 Å². The van der Waals surface area contributed by atoms with Crippen molar-refractivity contribution in [2.45, 2.75) is 45.8 Å². The second-order valence-electron chi connectivity index (χ2n) is 9.17. The predicted octanol–water partition coefficient (Wildman–Crippen LogP) is 2.50. The van der Waals surface area contributed by atoms with Crippen LogP contribution in [0.4, 0.5) is 5.69 Å². The van der Waals surface area contributed by atoms with Crippen molar-refractivity contribution in [2.24, 2.45) is 11.8 Å². The highest BCUT2D eigenvalue weighted by Gasteiger charge is 2.64. The van der Waals surface area contributed by atoms with Gasteiger partial charge < -0.3 is 20.4 Å². The van der Waals surface area contributed by atoms with Crippen molar-refractivity contribution in [2.75, 3.05) is 14.1 Å². The van der Waals surface area contributed by atoms with Gasteiger partial charge in [0.05, 0.1) is 17.2 Å². The van der Waals surface area contributed by atoms with Crippen molar-refractivity contribution in [3.05, 3.63) is 44.6 Å². The van der Waals surface area contributed by atoms with Gasteiger partial charge in [-0.2, -0.15) is 0 Å². The van der Waals surface area contributed by atoms with E-state index in [1.165, 1.54) is 17.9 Å². The molecule has 4 atom stereocenters. The highest BCUT2D eigenvalue weighted by molar-refractivity contribution is 6.25. The minimum atomic E-state index is -2.61. The van der Waals surface area contributed by atoms with Crippen molar-refractivity contribution in [3.63, 3.8) is 0 Å². The number of benzene rings is 1. The van der Waals surface area contributed by atoms with E-state index in [1.54, 1.807) is 14.1 Å². The van der Waals surface area contributed by atoms with Crippen LogP contribution in [0.25, 0.3) is 10.7 Å². The molecule has 3 aliphatic rings. The Balaban J connectivity index is 0.00000324. The zero-order chi connectivity index (χ0) is 24.6. The Morgan fingerprint density at radius 3 is 2.38 bits per heavy atom. The summed E-state index contributed by atoms with van der Waals surface area (Å²) < 4.78 is 0. The van der Waals surface area contributed by atoms with Crippen LogP contribution in [-0.2, 0) is 20.8 Å². The number of Topliss-reactive ketones (excluding diaryl/α,β-unsaturated/α-hetero) is 3. The number of aliphatic hydroxyl groups excluding tert-OH is 2. The lowest BCUT2D eigenvalue weighted by atomic mass is 9.57. The largest absolute Gasteiger partial charge is 0.508 e. The summed E-state index contributed by atoms with van der Waals surface area (Å²) in [6.07, 6.45) is 0.0864. The second kappa shape index (κ2) is 8.04. The maximum absolute atomic E-state index is 13.7. The molecule has 0 aliphatic heterocycles. The van der Waals surface area contributed by atoms with Gasteiger partial charge in [0, 0.05) is 17.6 Å². The molecule has 0 heterocycles. The third-order valence-corrected chi connectivity index (χ3v) is 7.10. The van der Waals surface area contributed by atoms with Gasteiger partial charge in [-0.15, -0.1) is 0 Å². The molecule has 0 bridgehead atoms. The van der Waals surface area contributed by atoms with E-state index in [4.69, 9.17) is 0 Å². The quantitative estimate of drug-likeness (QED) is 0.375. The summed E-state index contributed by atoms with van der Waals surface area (Å²) in [5.74, 6) is -6.24. The first-order chi connectivity index (χ1) is 15.4. The summed E-state index contributed by atoms with van der Waals surface area (Å²) in [7, 11) is 3.13. The van der Waals surface area contributed by atoms with Gasteiger partial charge in [0.1, 0.15) is 22.8 Å². The number of aromatic hydroxyl groups is 1. The molecule has 180 valence electrons. The number of rotatable bonds is 2. The lowest BCUT2D eigenvalue weighted by Crippen LogP contribution is -2.65. The van der Waals surface area contributed by atoms with Gasteiger partial charge >= 0.3 is 5.69 Å². The van der Waals surface area contributed by atoms with E-state index < -0.39 is 57.9 Å². The number of aryl methyl sites for hydroxylation is 1. The van der Waals surface area contributed by atoms with Crippen LogP contribution in [0.15, 0.2) is 23.0 Å². The van der Waals surface area contributed by atoms with E-state index in [0.29, 0.717) is 11.1 Å². The van der Waals surface area contributed by atoms with E-state index >= 15 is 0 Å². The third-order valence-electron chi connectivity index (χ3n) is 7.10. The summed E-state index contributed by atoms with van der Waals surface area (Å²) in [5, 5.41) is 53.5. The Kier molecular flexibility index (Phi) is 5.93. The number of ketones is 3. The average Bonchev–Trinajstić information content (AvgIpc) is 2.72. The molecular formula is C24H28N3O7+. The van der Waals surface area contributed by atoms with E-state index in [1.807, 2.05) is 0 Å². The van der Waals surface area contributed by atoms with Gasteiger partial charge in [-0.1, -0.05) is 7.43 Å². The van der Waals surface area contributed by atoms with Crippen LogP contribution in [-0.4, -0.2) is 68.4 Å². The summed E-state index contributed by atoms with van der Waals surface area (Å²) in [6.45, 7) is 2.59. The van der Waals surface area contributed by atoms with Gasteiger partial charge in [0.15, 0.2) is 22.1 Å². The molecule has 0 radical (unpaired) electrons. The van der Waals surface area contributed by atoms with Gasteiger partial charge in [0.2, 0.25) is 11.2 Å². The molecule has 2 unspecified atom stereocenters. The molecule has 4 N–H and O–H groups in total.